The lowest BCUT2D eigenvalue weighted by Crippen LogP contribution is -2.48. The van der Waals surface area contributed by atoms with E-state index in [4.69, 9.17) is 9.47 Å². The lowest BCUT2D eigenvalue weighted by molar-refractivity contribution is -0.129. The summed E-state index contributed by atoms with van der Waals surface area (Å²) in [6.45, 7) is 11.3. The van der Waals surface area contributed by atoms with Crippen molar-refractivity contribution < 1.29 is 19.1 Å². The first kappa shape index (κ1) is 20.9. The van der Waals surface area contributed by atoms with E-state index < -0.39 is 5.54 Å². The van der Waals surface area contributed by atoms with Crippen LogP contribution < -0.4 is 10.6 Å². The molecule has 130 valence electrons. The van der Waals surface area contributed by atoms with Crippen molar-refractivity contribution in [1.82, 2.24) is 10.6 Å². The summed E-state index contributed by atoms with van der Waals surface area (Å²) in [5.74, 6) is -0.312. The van der Waals surface area contributed by atoms with E-state index >= 15 is 0 Å². The van der Waals surface area contributed by atoms with E-state index in [2.05, 4.69) is 10.6 Å². The van der Waals surface area contributed by atoms with Crippen molar-refractivity contribution in [2.75, 3.05) is 33.5 Å². The van der Waals surface area contributed by atoms with Crippen molar-refractivity contribution in [2.24, 2.45) is 11.8 Å². The van der Waals surface area contributed by atoms with Gasteiger partial charge in [0.15, 0.2) is 0 Å². The highest BCUT2D eigenvalue weighted by Crippen LogP contribution is 2.07. The fourth-order valence-corrected chi connectivity index (χ4v) is 1.68. The Morgan fingerprint density at radius 3 is 2.32 bits per heavy atom. The number of ether oxygens (including phenoxy) is 2. The fourth-order valence-electron chi connectivity index (χ4n) is 1.68. The van der Waals surface area contributed by atoms with Gasteiger partial charge < -0.3 is 20.1 Å². The third-order valence-corrected chi connectivity index (χ3v) is 3.09. The van der Waals surface area contributed by atoms with Crippen LogP contribution in [0.25, 0.3) is 0 Å². The lowest BCUT2D eigenvalue weighted by Gasteiger charge is -2.27. The zero-order chi connectivity index (χ0) is 17.2. The molecule has 0 radical (unpaired) electrons. The van der Waals surface area contributed by atoms with Crippen LogP contribution in [0.15, 0.2) is 0 Å². The van der Waals surface area contributed by atoms with Crippen LogP contribution >= 0.6 is 0 Å². The number of carbonyl (C=O) groups excluding carboxylic acids is 2. The van der Waals surface area contributed by atoms with Gasteiger partial charge >= 0.3 is 0 Å². The second-order valence-corrected chi connectivity index (χ2v) is 6.58. The molecule has 6 nitrogen and oxygen atoms in total. The third kappa shape index (κ3) is 9.73. The van der Waals surface area contributed by atoms with Crippen LogP contribution in [0.3, 0.4) is 0 Å². The standard InChI is InChI=1S/C16H32N2O4/c1-12(2)14(19)18-16(4,5)11-22-10-13(3)15(20)17-8-7-9-21-6/h12-13H,7-11H2,1-6H3,(H,17,20)(H,18,19). The maximum Gasteiger partial charge on any atom is 0.225 e. The molecule has 0 saturated heterocycles. The first-order chi connectivity index (χ1) is 10.2. The van der Waals surface area contributed by atoms with E-state index in [0.717, 1.165) is 6.42 Å². The zero-order valence-electron chi connectivity index (χ0n) is 14.8. The smallest absolute Gasteiger partial charge is 0.225 e. The molecule has 0 aliphatic rings. The van der Waals surface area contributed by atoms with E-state index in [1.54, 1.807) is 7.11 Å². The highest BCUT2D eigenvalue weighted by Gasteiger charge is 2.23. The average molecular weight is 316 g/mol. The van der Waals surface area contributed by atoms with Gasteiger partial charge in [0, 0.05) is 26.2 Å². The zero-order valence-corrected chi connectivity index (χ0v) is 14.8. The molecule has 6 heteroatoms. The van der Waals surface area contributed by atoms with E-state index in [9.17, 15) is 9.59 Å². The van der Waals surface area contributed by atoms with Gasteiger partial charge in [-0.25, -0.2) is 0 Å². The van der Waals surface area contributed by atoms with Crippen molar-refractivity contribution >= 4 is 11.8 Å². The Kier molecular flexibility index (Phi) is 10.0. The van der Waals surface area contributed by atoms with Crippen LogP contribution in [-0.2, 0) is 19.1 Å². The predicted octanol–water partition coefficient (Wildman–Crippen LogP) is 1.34. The number of rotatable bonds is 11. The van der Waals surface area contributed by atoms with E-state index in [1.165, 1.54) is 0 Å². The minimum absolute atomic E-state index is 0.00228. The van der Waals surface area contributed by atoms with Crippen molar-refractivity contribution in [1.29, 1.82) is 0 Å². The molecule has 0 aromatic rings. The summed E-state index contributed by atoms with van der Waals surface area (Å²) < 4.78 is 10.5. The van der Waals surface area contributed by atoms with Crippen molar-refractivity contribution in [3.8, 4) is 0 Å². The number of methoxy groups -OCH3 is 1. The van der Waals surface area contributed by atoms with Crippen LogP contribution in [0.2, 0.25) is 0 Å². The summed E-state index contributed by atoms with van der Waals surface area (Å²) >= 11 is 0. The summed E-state index contributed by atoms with van der Waals surface area (Å²) in [5, 5.41) is 5.77. The molecular formula is C16H32N2O4. The monoisotopic (exact) mass is 316 g/mol. The van der Waals surface area contributed by atoms with Crippen LogP contribution in [0.5, 0.6) is 0 Å². The Balaban J connectivity index is 3.96. The molecule has 0 rings (SSSR count). The van der Waals surface area contributed by atoms with Gasteiger partial charge in [-0.3, -0.25) is 9.59 Å². The molecule has 0 aromatic carbocycles. The molecule has 0 aliphatic heterocycles. The van der Waals surface area contributed by atoms with Gasteiger partial charge in [0.25, 0.3) is 0 Å². The topological polar surface area (TPSA) is 76.7 Å². The van der Waals surface area contributed by atoms with E-state index in [1.807, 2.05) is 34.6 Å². The molecule has 2 N–H and O–H groups in total. The van der Waals surface area contributed by atoms with Gasteiger partial charge in [0.2, 0.25) is 11.8 Å². The molecule has 0 aliphatic carbocycles. The summed E-state index contributed by atoms with van der Waals surface area (Å²) in [5.41, 5.74) is -0.448. The Bertz CT molecular complexity index is 343. The first-order valence-corrected chi connectivity index (χ1v) is 7.86. The maximum absolute atomic E-state index is 11.8. The van der Waals surface area contributed by atoms with Crippen molar-refractivity contribution in [3.05, 3.63) is 0 Å². The Morgan fingerprint density at radius 1 is 1.14 bits per heavy atom. The molecule has 0 aromatic heterocycles. The molecular weight excluding hydrogens is 284 g/mol. The summed E-state index contributed by atoms with van der Waals surface area (Å²) in [6, 6.07) is 0. The van der Waals surface area contributed by atoms with Crippen LogP contribution in [0.4, 0.5) is 0 Å². The molecule has 1 atom stereocenters. The van der Waals surface area contributed by atoms with Gasteiger partial charge in [0.05, 0.1) is 24.7 Å². The number of hydrogen-bond donors (Lipinski definition) is 2. The average Bonchev–Trinajstić information content (AvgIpc) is 2.42. The quantitative estimate of drug-likeness (QED) is 0.564. The summed E-state index contributed by atoms with van der Waals surface area (Å²) in [4.78, 5) is 23.5. The number of hydrogen-bond acceptors (Lipinski definition) is 4. The minimum atomic E-state index is -0.448. The minimum Gasteiger partial charge on any atom is -0.385 e. The van der Waals surface area contributed by atoms with E-state index in [0.29, 0.717) is 26.4 Å². The molecule has 0 heterocycles. The second-order valence-electron chi connectivity index (χ2n) is 6.58. The molecule has 0 bridgehead atoms. The Hall–Kier alpha value is -1.14. The highest BCUT2D eigenvalue weighted by atomic mass is 16.5. The van der Waals surface area contributed by atoms with Crippen LogP contribution in [0.1, 0.15) is 41.0 Å². The van der Waals surface area contributed by atoms with Crippen molar-refractivity contribution in [3.63, 3.8) is 0 Å². The van der Waals surface area contributed by atoms with E-state index in [-0.39, 0.29) is 23.7 Å². The Labute approximate surface area is 134 Å². The normalized spacial score (nSPS) is 13.0. The lowest BCUT2D eigenvalue weighted by atomic mass is 10.1. The van der Waals surface area contributed by atoms with Crippen LogP contribution in [0, 0.1) is 11.8 Å². The summed E-state index contributed by atoms with van der Waals surface area (Å²) in [7, 11) is 1.64. The van der Waals surface area contributed by atoms with Gasteiger partial charge in [-0.15, -0.1) is 0 Å². The molecule has 0 spiro atoms. The molecule has 2 amide bonds. The van der Waals surface area contributed by atoms with Gasteiger partial charge in [-0.05, 0) is 20.3 Å². The third-order valence-electron chi connectivity index (χ3n) is 3.09. The fraction of sp³-hybridized carbons (Fsp3) is 0.875. The SMILES string of the molecule is COCCCNC(=O)C(C)COCC(C)(C)NC(=O)C(C)C. The largest absolute Gasteiger partial charge is 0.385 e. The van der Waals surface area contributed by atoms with Crippen LogP contribution in [-0.4, -0.2) is 50.8 Å². The number of nitrogens with one attached hydrogen (secondary N) is 2. The van der Waals surface area contributed by atoms with Crippen molar-refractivity contribution in [2.45, 2.75) is 46.6 Å². The van der Waals surface area contributed by atoms with Gasteiger partial charge in [-0.2, -0.15) is 0 Å². The Morgan fingerprint density at radius 2 is 1.77 bits per heavy atom. The highest BCUT2D eigenvalue weighted by molar-refractivity contribution is 5.78. The number of amides is 2. The molecule has 0 saturated carbocycles. The predicted molar refractivity (Wildman–Crippen MR) is 86.5 cm³/mol. The summed E-state index contributed by atoms with van der Waals surface area (Å²) in [6.07, 6.45) is 0.796. The van der Waals surface area contributed by atoms with Gasteiger partial charge in [-0.1, -0.05) is 20.8 Å². The molecule has 1 unspecified atom stereocenters. The second kappa shape index (κ2) is 10.6. The molecule has 22 heavy (non-hydrogen) atoms. The first-order valence-electron chi connectivity index (χ1n) is 7.86. The maximum atomic E-state index is 11.8. The molecule has 0 fully saturated rings. The van der Waals surface area contributed by atoms with Gasteiger partial charge in [0.1, 0.15) is 0 Å². The number of carbonyl (C=O) groups is 2.